The highest BCUT2D eigenvalue weighted by atomic mass is 16.6. The first-order valence-electron chi connectivity index (χ1n) is 8.71. The van der Waals surface area contributed by atoms with E-state index in [9.17, 15) is 9.90 Å². The fourth-order valence-electron chi connectivity index (χ4n) is 4.17. The van der Waals surface area contributed by atoms with Crippen molar-refractivity contribution in [3.63, 3.8) is 0 Å². The third-order valence-corrected chi connectivity index (χ3v) is 5.50. The van der Waals surface area contributed by atoms with Crippen molar-refractivity contribution in [2.45, 2.75) is 56.7 Å². The van der Waals surface area contributed by atoms with Gasteiger partial charge in [-0.15, -0.1) is 0 Å². The Bertz CT molecular complexity index is 479. The molecular formula is C18H28NO3+. The van der Waals surface area contributed by atoms with E-state index >= 15 is 0 Å². The highest BCUT2D eigenvalue weighted by Gasteiger charge is 2.50. The smallest absolute Gasteiger partial charge is 0.343 e. The number of carbonyl (C=O) groups excluding carboxylic acids is 1. The molecule has 1 saturated carbocycles. The number of rotatable bonds is 4. The van der Waals surface area contributed by atoms with Crippen molar-refractivity contribution in [3.8, 4) is 0 Å². The molecule has 4 nitrogen and oxygen atoms in total. The lowest BCUT2D eigenvalue weighted by molar-refractivity contribution is -0.867. The van der Waals surface area contributed by atoms with Gasteiger partial charge in [0.15, 0.2) is 11.7 Å². The molecule has 0 radical (unpaired) electrons. The molecule has 3 atom stereocenters. The Morgan fingerprint density at radius 2 is 2.14 bits per heavy atom. The van der Waals surface area contributed by atoms with E-state index in [-0.39, 0.29) is 12.0 Å². The van der Waals surface area contributed by atoms with Crippen LogP contribution in [0.4, 0.5) is 0 Å². The van der Waals surface area contributed by atoms with Crippen LogP contribution in [0.15, 0.2) is 23.8 Å². The number of carbonyl (C=O) groups is 1. The second kappa shape index (κ2) is 6.55. The van der Waals surface area contributed by atoms with E-state index in [1.165, 1.54) is 4.90 Å². The molecule has 0 spiro atoms. The molecule has 1 saturated heterocycles. The molecule has 0 aromatic carbocycles. The number of likely N-dealkylation sites (tertiary alicyclic amines) is 1. The zero-order chi connectivity index (χ0) is 15.6. The predicted octanol–water partition coefficient (Wildman–Crippen LogP) is 1.01. The maximum absolute atomic E-state index is 12.9. The molecule has 2 N–H and O–H groups in total. The Balaban J connectivity index is 1.79. The third-order valence-electron chi connectivity index (χ3n) is 5.50. The van der Waals surface area contributed by atoms with E-state index < -0.39 is 11.6 Å². The molecule has 22 heavy (non-hydrogen) atoms. The standard InChI is InChI=1S/C18H27NO3/c1-19-12-11-16(13-19)22-17(20)18(21,15-9-5-6-10-15)14-7-3-2-4-8-14/h2-3,7,15-16,21H,4-6,8-13H2,1H3/p+1. The average Bonchev–Trinajstić information content (AvgIpc) is 3.19. The van der Waals surface area contributed by atoms with Crippen LogP contribution in [0.1, 0.15) is 44.9 Å². The molecule has 0 aromatic heterocycles. The van der Waals surface area contributed by atoms with Gasteiger partial charge in [0, 0.05) is 12.3 Å². The van der Waals surface area contributed by atoms with Gasteiger partial charge in [0.2, 0.25) is 0 Å². The van der Waals surface area contributed by atoms with Crippen LogP contribution in [-0.4, -0.2) is 42.9 Å². The van der Waals surface area contributed by atoms with Crippen LogP contribution >= 0.6 is 0 Å². The topological polar surface area (TPSA) is 51.0 Å². The van der Waals surface area contributed by atoms with Crippen LogP contribution in [0.25, 0.3) is 0 Å². The number of likely N-dealkylation sites (N-methyl/N-ethyl adjacent to an activating group) is 1. The Labute approximate surface area is 132 Å². The van der Waals surface area contributed by atoms with Gasteiger partial charge < -0.3 is 14.7 Å². The van der Waals surface area contributed by atoms with Gasteiger partial charge in [-0.2, -0.15) is 0 Å². The number of hydrogen-bond donors (Lipinski definition) is 2. The Morgan fingerprint density at radius 1 is 1.36 bits per heavy atom. The Kier molecular flexibility index (Phi) is 4.69. The second-order valence-corrected chi connectivity index (χ2v) is 7.13. The lowest BCUT2D eigenvalue weighted by atomic mass is 9.77. The third kappa shape index (κ3) is 2.99. The van der Waals surface area contributed by atoms with Crippen LogP contribution in [0.2, 0.25) is 0 Å². The van der Waals surface area contributed by atoms with Crippen molar-refractivity contribution in [2.75, 3.05) is 20.1 Å². The molecule has 2 aliphatic carbocycles. The molecule has 1 aliphatic heterocycles. The molecule has 1 heterocycles. The van der Waals surface area contributed by atoms with Crippen LogP contribution in [0, 0.1) is 5.92 Å². The molecule has 122 valence electrons. The zero-order valence-electron chi connectivity index (χ0n) is 13.5. The van der Waals surface area contributed by atoms with E-state index in [1.54, 1.807) is 0 Å². The lowest BCUT2D eigenvalue weighted by Crippen LogP contribution is -3.07. The quantitative estimate of drug-likeness (QED) is 0.762. The van der Waals surface area contributed by atoms with Gasteiger partial charge in [-0.05, 0) is 31.3 Å². The minimum Gasteiger partial charge on any atom is -0.454 e. The van der Waals surface area contributed by atoms with Gasteiger partial charge in [-0.1, -0.05) is 31.1 Å². The van der Waals surface area contributed by atoms with Crippen molar-refractivity contribution < 1.29 is 19.5 Å². The minimum absolute atomic E-state index is 0.0178. The van der Waals surface area contributed by atoms with E-state index in [1.807, 2.05) is 12.2 Å². The van der Waals surface area contributed by atoms with Crippen molar-refractivity contribution in [2.24, 2.45) is 5.92 Å². The van der Waals surface area contributed by atoms with Crippen molar-refractivity contribution in [1.29, 1.82) is 0 Å². The second-order valence-electron chi connectivity index (χ2n) is 7.13. The summed E-state index contributed by atoms with van der Waals surface area (Å²) < 4.78 is 5.74. The van der Waals surface area contributed by atoms with Gasteiger partial charge in [-0.3, -0.25) is 0 Å². The first-order valence-corrected chi connectivity index (χ1v) is 8.71. The Hall–Kier alpha value is -1.13. The summed E-state index contributed by atoms with van der Waals surface area (Å²) in [6.07, 6.45) is 12.5. The number of aliphatic hydroxyl groups is 1. The maximum atomic E-state index is 12.9. The fourth-order valence-corrected chi connectivity index (χ4v) is 4.17. The van der Waals surface area contributed by atoms with Crippen LogP contribution < -0.4 is 4.90 Å². The van der Waals surface area contributed by atoms with Crippen LogP contribution in [-0.2, 0) is 9.53 Å². The number of allylic oxidation sites excluding steroid dienone is 3. The number of nitrogens with one attached hydrogen (secondary N) is 1. The summed E-state index contributed by atoms with van der Waals surface area (Å²) in [6, 6.07) is 0. The number of quaternary nitrogens is 1. The summed E-state index contributed by atoms with van der Waals surface area (Å²) in [6.45, 7) is 1.89. The predicted molar refractivity (Wildman–Crippen MR) is 84.5 cm³/mol. The van der Waals surface area contributed by atoms with Crippen LogP contribution in [0.5, 0.6) is 0 Å². The number of ether oxygens (including phenoxy) is 1. The molecule has 3 rings (SSSR count). The largest absolute Gasteiger partial charge is 0.454 e. The van der Waals surface area contributed by atoms with Gasteiger partial charge in [0.1, 0.15) is 6.54 Å². The summed E-state index contributed by atoms with van der Waals surface area (Å²) >= 11 is 0. The summed E-state index contributed by atoms with van der Waals surface area (Å²) in [7, 11) is 2.12. The zero-order valence-corrected chi connectivity index (χ0v) is 13.5. The fraction of sp³-hybridized carbons (Fsp3) is 0.722. The molecule has 0 bridgehead atoms. The summed E-state index contributed by atoms with van der Waals surface area (Å²) in [5, 5.41) is 11.3. The van der Waals surface area contributed by atoms with E-state index in [0.29, 0.717) is 0 Å². The van der Waals surface area contributed by atoms with Crippen molar-refractivity contribution >= 4 is 5.97 Å². The first kappa shape index (κ1) is 15.8. The van der Waals surface area contributed by atoms with E-state index in [4.69, 9.17) is 4.74 Å². The normalized spacial score (nSPS) is 31.8. The number of esters is 1. The highest BCUT2D eigenvalue weighted by molar-refractivity contribution is 5.84. The molecule has 3 unspecified atom stereocenters. The molecule has 0 amide bonds. The molecule has 3 aliphatic rings. The molecular weight excluding hydrogens is 278 g/mol. The van der Waals surface area contributed by atoms with Crippen molar-refractivity contribution in [3.05, 3.63) is 23.8 Å². The first-order chi connectivity index (χ1) is 10.6. The molecule has 4 heteroatoms. The van der Waals surface area contributed by atoms with Gasteiger partial charge >= 0.3 is 5.97 Å². The molecule has 2 fully saturated rings. The summed E-state index contributed by atoms with van der Waals surface area (Å²) in [4.78, 5) is 14.3. The van der Waals surface area contributed by atoms with E-state index in [2.05, 4.69) is 13.1 Å². The average molecular weight is 306 g/mol. The summed E-state index contributed by atoms with van der Waals surface area (Å²) in [5.41, 5.74) is -0.553. The van der Waals surface area contributed by atoms with Crippen LogP contribution in [0.3, 0.4) is 0 Å². The minimum atomic E-state index is -1.41. The Morgan fingerprint density at radius 3 is 2.73 bits per heavy atom. The maximum Gasteiger partial charge on any atom is 0.343 e. The SMILES string of the molecule is C[NH+]1CCC(OC(=O)C(O)(C2=CC=CCC2)C2CCCC2)C1. The molecule has 0 aromatic rings. The van der Waals surface area contributed by atoms with Crippen molar-refractivity contribution in [1.82, 2.24) is 0 Å². The van der Waals surface area contributed by atoms with Gasteiger partial charge in [0.05, 0.1) is 13.6 Å². The van der Waals surface area contributed by atoms with E-state index in [0.717, 1.165) is 63.6 Å². The summed E-state index contributed by atoms with van der Waals surface area (Å²) in [5.74, 6) is -0.384. The number of hydrogen-bond acceptors (Lipinski definition) is 3. The van der Waals surface area contributed by atoms with Gasteiger partial charge in [0.25, 0.3) is 0 Å². The highest BCUT2D eigenvalue weighted by Crippen LogP contribution is 2.41. The lowest BCUT2D eigenvalue weighted by Gasteiger charge is -2.35. The van der Waals surface area contributed by atoms with Gasteiger partial charge in [-0.25, -0.2) is 4.79 Å². The monoisotopic (exact) mass is 306 g/mol.